The molecule has 2 atom stereocenters. The topological polar surface area (TPSA) is 67.4 Å². The number of nitrogens with zero attached hydrogens (tertiary/aromatic N) is 3. The molecule has 2 heterocycles. The van der Waals surface area contributed by atoms with Gasteiger partial charge in [0.2, 0.25) is 11.2 Å². The summed E-state index contributed by atoms with van der Waals surface area (Å²) < 4.78 is 58.4. The Morgan fingerprint density at radius 1 is 1.24 bits per heavy atom. The largest absolute Gasteiger partial charge is 0.416 e. The second kappa shape index (κ2) is 9.42. The van der Waals surface area contributed by atoms with Crippen LogP contribution in [0, 0.1) is 11.7 Å². The van der Waals surface area contributed by atoms with Gasteiger partial charge in [-0.2, -0.15) is 13.2 Å². The predicted molar refractivity (Wildman–Crippen MR) is 113 cm³/mol. The fourth-order valence-electron chi connectivity index (χ4n) is 4.28. The molecule has 0 bridgehead atoms. The zero-order valence-electron chi connectivity index (χ0n) is 17.9. The third-order valence-electron chi connectivity index (χ3n) is 5.97. The molecule has 0 spiro atoms. The Labute approximate surface area is 193 Å². The molecule has 1 aromatic heterocycles. The van der Waals surface area contributed by atoms with Crippen molar-refractivity contribution >= 4 is 23.3 Å². The average molecular weight is 487 g/mol. The smallest absolute Gasteiger partial charge is 0.378 e. The van der Waals surface area contributed by atoms with Crippen LogP contribution in [0.4, 0.5) is 23.4 Å². The zero-order valence-corrected chi connectivity index (χ0v) is 18.6. The van der Waals surface area contributed by atoms with Crippen molar-refractivity contribution in [3.8, 4) is 0 Å². The van der Waals surface area contributed by atoms with Gasteiger partial charge in [0.15, 0.2) is 0 Å². The van der Waals surface area contributed by atoms with E-state index >= 15 is 0 Å². The van der Waals surface area contributed by atoms with Crippen LogP contribution in [0.2, 0.25) is 5.28 Å². The Bertz CT molecular complexity index is 1040. The van der Waals surface area contributed by atoms with Gasteiger partial charge in [-0.1, -0.05) is 0 Å². The van der Waals surface area contributed by atoms with Crippen molar-refractivity contribution in [1.29, 1.82) is 0 Å². The minimum Gasteiger partial charge on any atom is -0.378 e. The van der Waals surface area contributed by atoms with Crippen LogP contribution in [0.25, 0.3) is 0 Å². The minimum atomic E-state index is -4.66. The first-order valence-corrected chi connectivity index (χ1v) is 11.0. The first-order valence-electron chi connectivity index (χ1n) is 10.6. The van der Waals surface area contributed by atoms with Crippen molar-refractivity contribution in [3.05, 3.63) is 51.7 Å². The van der Waals surface area contributed by atoms with Gasteiger partial charge in [-0.05, 0) is 61.0 Å². The van der Waals surface area contributed by atoms with E-state index < -0.39 is 23.6 Å². The van der Waals surface area contributed by atoms with Crippen LogP contribution < -0.4 is 5.32 Å². The van der Waals surface area contributed by atoms with E-state index in [2.05, 4.69) is 15.3 Å². The molecule has 33 heavy (non-hydrogen) atoms. The maximum atomic E-state index is 13.8. The number of alkyl halides is 3. The molecule has 2 aliphatic rings. The molecule has 6 nitrogen and oxygen atoms in total. The molecule has 178 valence electrons. The number of nitrogens with one attached hydrogen (secondary N) is 1. The molecular formula is C22H23ClF4N4O2. The Balaban J connectivity index is 1.50. The van der Waals surface area contributed by atoms with Gasteiger partial charge in [0, 0.05) is 25.1 Å². The van der Waals surface area contributed by atoms with Crippen LogP contribution in [0.3, 0.4) is 0 Å². The molecular weight excluding hydrogens is 464 g/mol. The standard InChI is InChI=1S/C22H23ClF4N4O2/c1-12(14-9-15(22(25,26)27)11-16(24)10-14)28-20-17-6-13(7-18(17)29-21(23)30-20)8-19(32)31-2-4-33-5-3-31/h9-13H,2-8H2,1H3,(H,28,29,30). The maximum Gasteiger partial charge on any atom is 0.416 e. The van der Waals surface area contributed by atoms with Gasteiger partial charge >= 0.3 is 6.18 Å². The van der Waals surface area contributed by atoms with Crippen LogP contribution in [-0.4, -0.2) is 47.1 Å². The van der Waals surface area contributed by atoms with Gasteiger partial charge in [0.1, 0.15) is 11.6 Å². The molecule has 2 aromatic rings. The molecule has 11 heteroatoms. The Hall–Kier alpha value is -2.46. The van der Waals surface area contributed by atoms with Crippen LogP contribution in [0.5, 0.6) is 0 Å². The summed E-state index contributed by atoms with van der Waals surface area (Å²) in [6.07, 6.45) is -3.22. The summed E-state index contributed by atoms with van der Waals surface area (Å²) in [5, 5.41) is 3.06. The monoisotopic (exact) mass is 486 g/mol. The normalized spacial score (nSPS) is 19.3. The van der Waals surface area contributed by atoms with Crippen molar-refractivity contribution in [2.75, 3.05) is 31.6 Å². The van der Waals surface area contributed by atoms with Crippen molar-refractivity contribution in [2.45, 2.75) is 38.4 Å². The number of anilines is 1. The van der Waals surface area contributed by atoms with Gasteiger partial charge in [-0.15, -0.1) is 0 Å². The fraction of sp³-hybridized carbons (Fsp3) is 0.500. The number of morpholine rings is 1. The molecule has 1 saturated heterocycles. The average Bonchev–Trinajstić information content (AvgIpc) is 3.15. The first kappa shape index (κ1) is 23.7. The number of hydrogen-bond donors (Lipinski definition) is 1. The van der Waals surface area contributed by atoms with Crippen LogP contribution in [0.15, 0.2) is 18.2 Å². The highest BCUT2D eigenvalue weighted by Crippen LogP contribution is 2.36. The van der Waals surface area contributed by atoms with Crippen LogP contribution >= 0.6 is 11.6 Å². The van der Waals surface area contributed by atoms with Crippen LogP contribution in [0.1, 0.15) is 41.8 Å². The highest BCUT2D eigenvalue weighted by atomic mass is 35.5. The van der Waals surface area contributed by atoms with Crippen molar-refractivity contribution in [1.82, 2.24) is 14.9 Å². The maximum absolute atomic E-state index is 13.8. The Morgan fingerprint density at radius 3 is 2.67 bits per heavy atom. The molecule has 2 unspecified atom stereocenters. The van der Waals surface area contributed by atoms with Gasteiger partial charge in [-0.25, -0.2) is 14.4 Å². The number of rotatable bonds is 5. The number of halogens is 5. The number of benzene rings is 1. The van der Waals surface area contributed by atoms with E-state index in [9.17, 15) is 22.4 Å². The van der Waals surface area contributed by atoms with Crippen molar-refractivity contribution in [3.63, 3.8) is 0 Å². The minimum absolute atomic E-state index is 0.00108. The summed E-state index contributed by atoms with van der Waals surface area (Å²) in [4.78, 5) is 22.9. The lowest BCUT2D eigenvalue weighted by Gasteiger charge is -2.27. The lowest BCUT2D eigenvalue weighted by Crippen LogP contribution is -2.41. The second-order valence-electron chi connectivity index (χ2n) is 8.38. The fourth-order valence-corrected chi connectivity index (χ4v) is 4.47. The van der Waals surface area contributed by atoms with Crippen LogP contribution in [-0.2, 0) is 28.5 Å². The molecule has 1 fully saturated rings. The molecule has 1 aromatic carbocycles. The SMILES string of the molecule is CC(Nc1nc(Cl)nc2c1CC(CC(=O)N1CCOCC1)C2)c1cc(F)cc(C(F)(F)F)c1. The Kier molecular flexibility index (Phi) is 6.76. The summed E-state index contributed by atoms with van der Waals surface area (Å²) in [6.45, 7) is 3.81. The Morgan fingerprint density at radius 2 is 1.97 bits per heavy atom. The molecule has 4 rings (SSSR count). The van der Waals surface area contributed by atoms with Gasteiger partial charge in [-0.3, -0.25) is 4.79 Å². The van der Waals surface area contributed by atoms with E-state index in [1.54, 1.807) is 11.8 Å². The predicted octanol–water partition coefficient (Wildman–Crippen LogP) is 4.42. The second-order valence-corrected chi connectivity index (χ2v) is 8.71. The summed E-state index contributed by atoms with van der Waals surface area (Å²) in [6, 6.07) is 1.75. The van der Waals surface area contributed by atoms with E-state index in [1.165, 1.54) is 0 Å². The van der Waals surface area contributed by atoms with E-state index in [0.717, 1.165) is 17.7 Å². The third-order valence-corrected chi connectivity index (χ3v) is 6.14. The van der Waals surface area contributed by atoms with Gasteiger partial charge in [0.05, 0.1) is 30.5 Å². The first-order chi connectivity index (χ1) is 15.6. The summed E-state index contributed by atoms with van der Waals surface area (Å²) in [5.41, 5.74) is 0.555. The number of amides is 1. The van der Waals surface area contributed by atoms with E-state index in [4.69, 9.17) is 16.3 Å². The third kappa shape index (κ3) is 5.55. The number of hydrogen-bond acceptors (Lipinski definition) is 5. The highest BCUT2D eigenvalue weighted by Gasteiger charge is 2.33. The van der Waals surface area contributed by atoms with E-state index in [0.29, 0.717) is 63.1 Å². The molecule has 1 aliphatic heterocycles. The van der Waals surface area contributed by atoms with E-state index in [-0.39, 0.29) is 22.7 Å². The number of carbonyl (C=O) groups excluding carboxylic acids is 1. The molecule has 1 aliphatic carbocycles. The quantitative estimate of drug-likeness (QED) is 0.500. The van der Waals surface area contributed by atoms with Gasteiger partial charge < -0.3 is 15.0 Å². The van der Waals surface area contributed by atoms with Crippen molar-refractivity contribution in [2.24, 2.45) is 5.92 Å². The number of carbonyl (C=O) groups is 1. The lowest BCUT2D eigenvalue weighted by atomic mass is 10.0. The molecule has 1 N–H and O–H groups in total. The molecule has 1 amide bonds. The number of fused-ring (bicyclic) bond motifs is 1. The van der Waals surface area contributed by atoms with E-state index in [1.807, 2.05) is 0 Å². The number of aromatic nitrogens is 2. The number of ether oxygens (including phenoxy) is 1. The van der Waals surface area contributed by atoms with Gasteiger partial charge in [0.25, 0.3) is 0 Å². The molecule has 0 saturated carbocycles. The highest BCUT2D eigenvalue weighted by molar-refractivity contribution is 6.28. The summed E-state index contributed by atoms with van der Waals surface area (Å²) in [5.74, 6) is -0.514. The summed E-state index contributed by atoms with van der Waals surface area (Å²) in [7, 11) is 0. The molecule has 0 radical (unpaired) electrons. The summed E-state index contributed by atoms with van der Waals surface area (Å²) >= 11 is 6.08. The zero-order chi connectivity index (χ0) is 23.8. The van der Waals surface area contributed by atoms with Crippen molar-refractivity contribution < 1.29 is 27.1 Å². The lowest BCUT2D eigenvalue weighted by molar-refractivity contribution is -0.138.